The maximum Gasteiger partial charge on any atom is 0.245 e. The first-order chi connectivity index (χ1) is 62.3. The number of likely N-dealkylation sites (N-methyl/N-ethyl adjacent to an activating group) is 6. The average molecular weight is 1740 g/mol. The minimum Gasteiger partial charge on any atom is -0.332 e. The van der Waals surface area contributed by atoms with Crippen LogP contribution in [0.1, 0.15) is 210 Å². The highest BCUT2D eigenvalue weighted by atomic mass is 16.2. The fourth-order valence-electron chi connectivity index (χ4n) is 21.3. The van der Waals surface area contributed by atoms with Crippen LogP contribution in [0.4, 0.5) is 11.4 Å². The second kappa shape index (κ2) is 43.5. The van der Waals surface area contributed by atoms with E-state index in [9.17, 15) is 28.8 Å². The van der Waals surface area contributed by atoms with Gasteiger partial charge in [0.2, 0.25) is 35.4 Å². The van der Waals surface area contributed by atoms with E-state index >= 15 is 0 Å². The molecule has 129 heavy (non-hydrogen) atoms. The van der Waals surface area contributed by atoms with Crippen molar-refractivity contribution in [3.05, 3.63) is 345 Å². The highest BCUT2D eigenvalue weighted by Crippen LogP contribution is 2.44. The van der Waals surface area contributed by atoms with Crippen LogP contribution in [0.5, 0.6) is 0 Å². The zero-order chi connectivity index (χ0) is 91.7. The Balaban J connectivity index is 0.000000132. The van der Waals surface area contributed by atoms with Gasteiger partial charge in [-0.25, -0.2) is 0 Å². The molecule has 9 unspecified atom stereocenters. The van der Waals surface area contributed by atoms with E-state index in [4.69, 9.17) is 0 Å². The molecule has 18 rings (SSSR count). The van der Waals surface area contributed by atoms with Gasteiger partial charge in [-0.15, -0.1) is 0 Å². The Kier molecular flexibility index (Phi) is 32.1. The van der Waals surface area contributed by atoms with Gasteiger partial charge in [0.1, 0.15) is 0 Å². The van der Waals surface area contributed by atoms with Gasteiger partial charge in [0, 0.05) is 36.5 Å². The molecule has 6 aliphatic heterocycles. The first-order valence-electron chi connectivity index (χ1n) is 46.9. The quantitative estimate of drug-likeness (QED) is 0.0604. The Morgan fingerprint density at radius 3 is 1.05 bits per heavy atom. The number of nitrogens with zero attached hydrogens (tertiary/aromatic N) is 6. The largest absolute Gasteiger partial charge is 0.332 e. The molecule has 6 amide bonds. The van der Waals surface area contributed by atoms with Gasteiger partial charge in [-0.1, -0.05) is 268 Å². The van der Waals surface area contributed by atoms with E-state index in [0.29, 0.717) is 25.2 Å². The van der Waals surface area contributed by atoms with Crippen LogP contribution in [0.25, 0.3) is 0 Å². The van der Waals surface area contributed by atoms with Crippen LogP contribution < -0.4 is 41.7 Å². The number of fused-ring (bicyclic) bond motifs is 6. The molecule has 18 heteroatoms. The molecule has 0 aromatic heterocycles. The summed E-state index contributed by atoms with van der Waals surface area (Å²) in [6.45, 7) is 20.6. The van der Waals surface area contributed by atoms with E-state index in [-0.39, 0.29) is 106 Å². The minimum absolute atomic E-state index is 0.0365. The molecule has 0 radical (unpaired) electrons. The number of nitrogens with one attached hydrogen (secondary N) is 6. The monoisotopic (exact) mass is 1740 g/mol. The number of amides is 6. The van der Waals surface area contributed by atoms with E-state index in [0.717, 1.165) is 86.7 Å². The second-order valence-electron chi connectivity index (χ2n) is 37.3. The van der Waals surface area contributed by atoms with Crippen molar-refractivity contribution in [2.24, 2.45) is 0 Å². The Morgan fingerprint density at radius 1 is 0.287 bits per heavy atom. The van der Waals surface area contributed by atoms with E-state index in [1.165, 1.54) is 92.4 Å². The fraction of sp³-hybridized carbons (Fsp3) is 0.405. The predicted molar refractivity (Wildman–Crippen MR) is 522 cm³/mol. The molecule has 0 bridgehead atoms. The molecule has 0 saturated heterocycles. The summed E-state index contributed by atoms with van der Waals surface area (Å²) in [5, 5.41) is 19.2. The van der Waals surface area contributed by atoms with E-state index in [1.807, 2.05) is 183 Å². The molecular weight excluding hydrogens is 1600 g/mol. The molecule has 10 aromatic rings. The first kappa shape index (κ1) is 95.4. The van der Waals surface area contributed by atoms with Gasteiger partial charge >= 0.3 is 0 Å². The Labute approximate surface area is 767 Å². The van der Waals surface area contributed by atoms with Crippen molar-refractivity contribution in [3.63, 3.8) is 0 Å². The van der Waals surface area contributed by atoms with Gasteiger partial charge in [-0.3, -0.25) is 28.8 Å². The van der Waals surface area contributed by atoms with E-state index < -0.39 is 0 Å². The van der Waals surface area contributed by atoms with E-state index in [2.05, 4.69) is 250 Å². The molecule has 18 nitrogen and oxygen atoms in total. The Bertz CT molecular complexity index is 5400. The Hall–Kier alpha value is -11.2. The van der Waals surface area contributed by atoms with Crippen LogP contribution in [0.15, 0.2) is 267 Å². The van der Waals surface area contributed by atoms with Crippen LogP contribution in [0.2, 0.25) is 0 Å². The number of para-hydroxylation sites is 2. The van der Waals surface area contributed by atoms with Crippen LogP contribution >= 0.6 is 0 Å². The summed E-state index contributed by atoms with van der Waals surface area (Å²) in [7, 11) is 11.2. The van der Waals surface area contributed by atoms with Crippen molar-refractivity contribution in [3.8, 4) is 0 Å². The number of benzene rings is 10. The zero-order valence-corrected chi connectivity index (χ0v) is 78.7. The van der Waals surface area contributed by atoms with Crippen molar-refractivity contribution in [2.45, 2.75) is 248 Å². The molecule has 8 aliphatic rings. The topological polar surface area (TPSA) is 194 Å². The van der Waals surface area contributed by atoms with Crippen molar-refractivity contribution in [1.29, 1.82) is 0 Å². The third kappa shape index (κ3) is 21.3. The van der Waals surface area contributed by atoms with Crippen LogP contribution in [0.3, 0.4) is 0 Å². The van der Waals surface area contributed by atoms with Gasteiger partial charge in [0.15, 0.2) is 0 Å². The van der Waals surface area contributed by atoms with Gasteiger partial charge in [-0.2, -0.15) is 0 Å². The van der Waals surface area contributed by atoms with Crippen molar-refractivity contribution in [1.82, 2.24) is 51.5 Å². The van der Waals surface area contributed by atoms with Gasteiger partial charge < -0.3 is 61.3 Å². The van der Waals surface area contributed by atoms with Crippen LogP contribution in [0, 0.1) is 0 Å². The summed E-state index contributed by atoms with van der Waals surface area (Å²) in [5.41, 5.74) is 18.4. The first-order valence-corrected chi connectivity index (χ1v) is 46.9. The van der Waals surface area contributed by atoms with Crippen LogP contribution in [-0.2, 0) is 97.0 Å². The summed E-state index contributed by atoms with van der Waals surface area (Å²) in [6, 6.07) is 91.0. The van der Waals surface area contributed by atoms with Gasteiger partial charge in [0.05, 0.1) is 71.0 Å². The van der Waals surface area contributed by atoms with Gasteiger partial charge in [0.25, 0.3) is 0 Å². The third-order valence-corrected chi connectivity index (χ3v) is 28.4. The number of anilines is 2. The normalized spacial score (nSPS) is 22.7. The summed E-state index contributed by atoms with van der Waals surface area (Å²) in [5.74, 6) is 1.14. The summed E-state index contributed by atoms with van der Waals surface area (Å²) in [4.78, 5) is 90.3. The maximum absolute atomic E-state index is 13.1. The lowest BCUT2D eigenvalue weighted by atomic mass is 9.87. The highest BCUT2D eigenvalue weighted by molar-refractivity contribution is 6.00. The standard InChI is InChI=1S/C20H24N2O.2C19H22N2O.C18H26N2O.C18H20N2O.C17H24N2O/c1-20(2)17-12-8-7-11-16(17)13-18(21-3)19(23)22(20)14-15-9-5-4-6-10-15;1-19(2)16-12-8-7-9-14(16)13-17(20-3)18(22)21(19)15-10-5-4-6-11-15;1-14-17-11-7-6-10-16(17)12-18(20-2)19(22)21(14)13-15-8-4-3-5-9-15;1-18(2)15-11-7-4-8-13(15)12-16(19-3)17(21)20(18)14-9-5-6-10-14;1-13-16-11-7-6-8-14(16)12-17(19-2)18(21)20(13)15-9-4-3-5-10-15;1-12-15-10-6-3-7-13(15)11-16(18-2)17(20)19(12)14-8-4-5-9-14/h4-12,18,21H,13-14H2,1-3H3;4-12,17,20H,13H2,1-3H3;3-11,14,18,20H,12-13H2,1-2H3;4,7-8,11,14,16,19H,5-6,9-10,12H2,1-3H3;3-11,13,17,19H,12H2,1-2H3;3,6-7,10,12,14,16,18H,4-5,8-9,11H2,1-2H3. The maximum atomic E-state index is 13.1. The van der Waals surface area contributed by atoms with E-state index in [1.54, 1.807) is 0 Å². The fourth-order valence-corrected chi connectivity index (χ4v) is 21.3. The summed E-state index contributed by atoms with van der Waals surface area (Å²) >= 11 is 0. The number of carbonyl (C=O) groups excluding carboxylic acids is 6. The SMILES string of the molecule is CNC1Cc2ccccc2C(C)(C)N(C2CCCC2)C1=O.CNC1Cc2ccccc2C(C)(C)N(Cc2ccccc2)C1=O.CNC1Cc2ccccc2C(C)(C)N(c2ccccc2)C1=O.CNC1Cc2ccccc2C(C)N(C2CCCC2)C1=O.CNC1Cc2ccccc2C(C)N(Cc2ccccc2)C1=O.CNC1Cc2ccccc2C(C)N(c2ccccc2)C1=O. The molecule has 6 heterocycles. The molecule has 6 N–H and O–H groups in total. The lowest BCUT2D eigenvalue weighted by molar-refractivity contribution is -0.142. The smallest absolute Gasteiger partial charge is 0.245 e. The van der Waals surface area contributed by atoms with Crippen molar-refractivity contribution < 1.29 is 28.8 Å². The third-order valence-electron chi connectivity index (χ3n) is 28.4. The summed E-state index contributed by atoms with van der Waals surface area (Å²) < 4.78 is 0. The molecule has 10 aromatic carbocycles. The molecule has 678 valence electrons. The predicted octanol–water partition coefficient (Wildman–Crippen LogP) is 17.5. The molecule has 9 atom stereocenters. The minimum atomic E-state index is -0.388. The van der Waals surface area contributed by atoms with Crippen LogP contribution in [-0.4, -0.2) is 146 Å². The Morgan fingerprint density at radius 2 is 0.605 bits per heavy atom. The number of hydrogen-bond acceptors (Lipinski definition) is 12. The molecule has 2 saturated carbocycles. The molecular formula is C111H138N12O6. The summed E-state index contributed by atoms with van der Waals surface area (Å²) in [6.07, 6.45) is 14.2. The number of rotatable bonds is 14. The molecule has 0 spiro atoms. The van der Waals surface area contributed by atoms with Crippen molar-refractivity contribution in [2.75, 3.05) is 52.1 Å². The lowest BCUT2D eigenvalue weighted by Gasteiger charge is -2.43. The molecule has 2 fully saturated rings. The van der Waals surface area contributed by atoms with Gasteiger partial charge in [-0.05, 0) is 271 Å². The number of carbonyl (C=O) groups is 6. The lowest BCUT2D eigenvalue weighted by Crippen LogP contribution is -2.55. The van der Waals surface area contributed by atoms with Crippen molar-refractivity contribution >= 4 is 46.8 Å². The average Bonchev–Trinajstić information content (AvgIpc) is 1.63. The zero-order valence-electron chi connectivity index (χ0n) is 78.7. The molecule has 2 aliphatic carbocycles. The highest BCUT2D eigenvalue weighted by Gasteiger charge is 2.47. The second-order valence-corrected chi connectivity index (χ2v) is 37.3. The number of hydrogen-bond donors (Lipinski definition) is 6.